The van der Waals surface area contributed by atoms with Crippen LogP contribution in [-0.4, -0.2) is 44.4 Å². The molecule has 6 heteroatoms. The number of hydrogen-bond donors (Lipinski definition) is 0. The van der Waals surface area contributed by atoms with E-state index in [1.807, 2.05) is 18.2 Å². The second-order valence-corrected chi connectivity index (χ2v) is 6.83. The molecule has 4 nitrogen and oxygen atoms in total. The SMILES string of the molecule is COc1cc(Cl)ccc1OCC1CN(Cc2ccc(Cl)cc2)CCO1. The average Bonchev–Trinajstić information content (AvgIpc) is 2.63. The molecule has 2 aromatic rings. The molecule has 25 heavy (non-hydrogen) atoms. The monoisotopic (exact) mass is 381 g/mol. The number of halogens is 2. The summed E-state index contributed by atoms with van der Waals surface area (Å²) < 4.78 is 17.0. The van der Waals surface area contributed by atoms with Gasteiger partial charge in [-0.05, 0) is 29.8 Å². The van der Waals surface area contributed by atoms with Crippen LogP contribution in [0.1, 0.15) is 5.56 Å². The fourth-order valence-corrected chi connectivity index (χ4v) is 3.10. The van der Waals surface area contributed by atoms with Gasteiger partial charge in [0.2, 0.25) is 0 Å². The summed E-state index contributed by atoms with van der Waals surface area (Å²) >= 11 is 11.9. The van der Waals surface area contributed by atoms with Crippen LogP contribution in [-0.2, 0) is 11.3 Å². The van der Waals surface area contributed by atoms with Crippen LogP contribution in [0, 0.1) is 0 Å². The molecular formula is C19H21Cl2NO3. The molecule has 0 aromatic heterocycles. The number of ether oxygens (including phenoxy) is 3. The number of rotatable bonds is 6. The molecule has 0 aliphatic carbocycles. The van der Waals surface area contributed by atoms with Gasteiger partial charge >= 0.3 is 0 Å². The highest BCUT2D eigenvalue weighted by Crippen LogP contribution is 2.30. The van der Waals surface area contributed by atoms with Crippen LogP contribution in [0.2, 0.25) is 10.0 Å². The van der Waals surface area contributed by atoms with Gasteiger partial charge < -0.3 is 14.2 Å². The van der Waals surface area contributed by atoms with Gasteiger partial charge in [0.25, 0.3) is 0 Å². The van der Waals surface area contributed by atoms with Crippen molar-refractivity contribution in [2.45, 2.75) is 12.6 Å². The summed E-state index contributed by atoms with van der Waals surface area (Å²) in [7, 11) is 1.60. The largest absolute Gasteiger partial charge is 0.493 e. The lowest BCUT2D eigenvalue weighted by Crippen LogP contribution is -2.44. The van der Waals surface area contributed by atoms with Gasteiger partial charge in [0.1, 0.15) is 12.7 Å². The molecule has 1 atom stereocenters. The minimum absolute atomic E-state index is 0.0152. The summed E-state index contributed by atoms with van der Waals surface area (Å²) in [5, 5.41) is 1.38. The third-order valence-corrected chi connectivity index (χ3v) is 4.58. The molecule has 1 fully saturated rings. The summed E-state index contributed by atoms with van der Waals surface area (Å²) in [6.45, 7) is 3.76. The first kappa shape index (κ1) is 18.3. The van der Waals surface area contributed by atoms with Crippen molar-refractivity contribution >= 4 is 23.2 Å². The molecule has 0 N–H and O–H groups in total. The van der Waals surface area contributed by atoms with Crippen molar-refractivity contribution in [2.24, 2.45) is 0 Å². The minimum atomic E-state index is 0.0152. The maximum absolute atomic E-state index is 5.98. The first-order valence-electron chi connectivity index (χ1n) is 8.19. The molecule has 3 rings (SSSR count). The lowest BCUT2D eigenvalue weighted by atomic mass is 10.2. The lowest BCUT2D eigenvalue weighted by molar-refractivity contribution is -0.0506. The van der Waals surface area contributed by atoms with Gasteiger partial charge in [0, 0.05) is 35.7 Å². The van der Waals surface area contributed by atoms with Gasteiger partial charge in [-0.15, -0.1) is 0 Å². The molecule has 1 heterocycles. The Morgan fingerprint density at radius 1 is 1.08 bits per heavy atom. The Labute approximate surface area is 158 Å². The lowest BCUT2D eigenvalue weighted by Gasteiger charge is -2.32. The van der Waals surface area contributed by atoms with Gasteiger partial charge in [-0.1, -0.05) is 35.3 Å². The maximum atomic E-state index is 5.98. The molecule has 0 saturated carbocycles. The van der Waals surface area contributed by atoms with Gasteiger partial charge in [0.05, 0.1) is 13.7 Å². The second-order valence-electron chi connectivity index (χ2n) is 5.96. The fraction of sp³-hybridized carbons (Fsp3) is 0.368. The van der Waals surface area contributed by atoms with Crippen molar-refractivity contribution in [1.29, 1.82) is 0 Å². The molecule has 1 unspecified atom stereocenters. The predicted molar refractivity (Wildman–Crippen MR) is 100.0 cm³/mol. The van der Waals surface area contributed by atoms with E-state index in [-0.39, 0.29) is 6.10 Å². The van der Waals surface area contributed by atoms with Crippen LogP contribution >= 0.6 is 23.2 Å². The minimum Gasteiger partial charge on any atom is -0.493 e. The highest BCUT2D eigenvalue weighted by atomic mass is 35.5. The summed E-state index contributed by atoms with van der Waals surface area (Å²) in [5.74, 6) is 1.30. The zero-order chi connectivity index (χ0) is 17.6. The van der Waals surface area contributed by atoms with Crippen molar-refractivity contribution in [2.75, 3.05) is 33.4 Å². The molecule has 1 aliphatic heterocycles. The summed E-state index contributed by atoms with van der Waals surface area (Å²) in [6, 6.07) is 13.3. The van der Waals surface area contributed by atoms with Crippen LogP contribution in [0.4, 0.5) is 0 Å². The van der Waals surface area contributed by atoms with E-state index >= 15 is 0 Å². The normalized spacial score (nSPS) is 18.1. The van der Waals surface area contributed by atoms with Crippen LogP contribution in [0.3, 0.4) is 0 Å². The van der Waals surface area contributed by atoms with Crippen molar-refractivity contribution < 1.29 is 14.2 Å². The number of methoxy groups -OCH3 is 1. The quantitative estimate of drug-likeness (QED) is 0.746. The average molecular weight is 382 g/mol. The third kappa shape index (κ3) is 5.25. The Morgan fingerprint density at radius 2 is 1.84 bits per heavy atom. The van der Waals surface area contributed by atoms with E-state index < -0.39 is 0 Å². The summed E-state index contributed by atoms with van der Waals surface area (Å²) in [5.41, 5.74) is 1.24. The Bertz CT molecular complexity index is 694. The number of morpholine rings is 1. The molecule has 1 saturated heterocycles. The molecule has 134 valence electrons. The molecular weight excluding hydrogens is 361 g/mol. The molecule has 0 radical (unpaired) electrons. The Hall–Kier alpha value is -1.46. The van der Waals surface area contributed by atoms with Crippen LogP contribution in [0.5, 0.6) is 11.5 Å². The standard InChI is InChI=1S/C19H21Cl2NO3/c1-23-19-10-16(21)6-7-18(19)25-13-17-12-22(8-9-24-17)11-14-2-4-15(20)5-3-14/h2-7,10,17H,8-9,11-13H2,1H3. The van der Waals surface area contributed by atoms with E-state index in [2.05, 4.69) is 17.0 Å². The van der Waals surface area contributed by atoms with Crippen molar-refractivity contribution in [3.63, 3.8) is 0 Å². The molecule has 0 bridgehead atoms. The van der Waals surface area contributed by atoms with E-state index in [0.717, 1.165) is 24.7 Å². The van der Waals surface area contributed by atoms with E-state index in [1.54, 1.807) is 19.2 Å². The Kier molecular flexibility index (Phi) is 6.43. The first-order valence-corrected chi connectivity index (χ1v) is 8.94. The van der Waals surface area contributed by atoms with E-state index in [0.29, 0.717) is 29.7 Å². The predicted octanol–water partition coefficient (Wildman–Crippen LogP) is 4.28. The molecule has 1 aliphatic rings. The van der Waals surface area contributed by atoms with Gasteiger partial charge in [-0.2, -0.15) is 0 Å². The van der Waals surface area contributed by atoms with Crippen molar-refractivity contribution in [3.8, 4) is 11.5 Å². The van der Waals surface area contributed by atoms with Crippen molar-refractivity contribution in [1.82, 2.24) is 4.90 Å². The fourth-order valence-electron chi connectivity index (χ4n) is 2.82. The zero-order valence-electron chi connectivity index (χ0n) is 14.1. The second kappa shape index (κ2) is 8.77. The highest BCUT2D eigenvalue weighted by molar-refractivity contribution is 6.31. The van der Waals surface area contributed by atoms with E-state index in [4.69, 9.17) is 37.4 Å². The number of benzene rings is 2. The molecule has 2 aromatic carbocycles. The molecule has 0 amide bonds. The smallest absolute Gasteiger partial charge is 0.162 e. The molecule has 0 spiro atoms. The van der Waals surface area contributed by atoms with Crippen molar-refractivity contribution in [3.05, 3.63) is 58.1 Å². The zero-order valence-corrected chi connectivity index (χ0v) is 15.6. The topological polar surface area (TPSA) is 30.9 Å². The van der Waals surface area contributed by atoms with Gasteiger partial charge in [-0.25, -0.2) is 0 Å². The van der Waals surface area contributed by atoms with Gasteiger partial charge in [-0.3, -0.25) is 4.90 Å². The summed E-state index contributed by atoms with van der Waals surface area (Å²) in [6.07, 6.45) is 0.0152. The van der Waals surface area contributed by atoms with Crippen LogP contribution in [0.25, 0.3) is 0 Å². The van der Waals surface area contributed by atoms with Gasteiger partial charge in [0.15, 0.2) is 11.5 Å². The Balaban J connectivity index is 1.54. The maximum Gasteiger partial charge on any atom is 0.162 e. The summed E-state index contributed by atoms with van der Waals surface area (Å²) in [4.78, 5) is 2.36. The van der Waals surface area contributed by atoms with Crippen LogP contribution in [0.15, 0.2) is 42.5 Å². The number of nitrogens with zero attached hydrogens (tertiary/aromatic N) is 1. The number of hydrogen-bond acceptors (Lipinski definition) is 4. The first-order chi connectivity index (χ1) is 12.1. The Morgan fingerprint density at radius 3 is 2.60 bits per heavy atom. The highest BCUT2D eigenvalue weighted by Gasteiger charge is 2.21. The third-order valence-electron chi connectivity index (χ3n) is 4.09. The van der Waals surface area contributed by atoms with E-state index in [9.17, 15) is 0 Å². The van der Waals surface area contributed by atoms with Crippen LogP contribution < -0.4 is 9.47 Å². The van der Waals surface area contributed by atoms with E-state index in [1.165, 1.54) is 5.56 Å².